The van der Waals surface area contributed by atoms with E-state index >= 15 is 0 Å². The maximum Gasteiger partial charge on any atom is 0.313 e. The highest BCUT2D eigenvalue weighted by Gasteiger charge is 2.10. The molecule has 0 atom stereocenters. The van der Waals surface area contributed by atoms with Crippen LogP contribution < -0.4 is 10.5 Å². The van der Waals surface area contributed by atoms with Crippen LogP contribution in [-0.2, 0) is 6.61 Å². The molecule has 2 N–H and O–H groups in total. The molecule has 3 aromatic rings. The van der Waals surface area contributed by atoms with Crippen molar-refractivity contribution in [3.05, 3.63) is 68.5 Å². The summed E-state index contributed by atoms with van der Waals surface area (Å²) < 4.78 is 11.7. The van der Waals surface area contributed by atoms with E-state index in [0.29, 0.717) is 23.3 Å². The van der Waals surface area contributed by atoms with Crippen molar-refractivity contribution in [2.75, 3.05) is 5.73 Å². The molecule has 0 saturated heterocycles. The van der Waals surface area contributed by atoms with Gasteiger partial charge in [-0.05, 0) is 57.8 Å². The number of hydrogen-bond donors (Lipinski definition) is 1. The fraction of sp³-hybridized carbons (Fsp3) is 0.111. The van der Waals surface area contributed by atoms with Gasteiger partial charge < -0.3 is 14.9 Å². The molecule has 7 heteroatoms. The molecule has 0 saturated carbocycles. The van der Waals surface area contributed by atoms with Crippen molar-refractivity contribution >= 4 is 45.7 Å². The third-order valence-corrected chi connectivity index (χ3v) is 4.40. The van der Waals surface area contributed by atoms with E-state index in [4.69, 9.17) is 26.5 Å². The van der Waals surface area contributed by atoms with Gasteiger partial charge in [-0.1, -0.05) is 41.0 Å². The molecule has 25 heavy (non-hydrogen) atoms. The Balaban J connectivity index is 1.76. The lowest BCUT2D eigenvalue weighted by Gasteiger charge is -2.12. The number of halogens is 2. The second-order valence-corrected chi connectivity index (χ2v) is 6.60. The third kappa shape index (κ3) is 4.41. The molecule has 0 unspecified atom stereocenters. The SMILES string of the molecule is Cc1ccccc1COc1c(Cl)cc(/C=C/c2nnc(N)o2)cc1Br. The first-order valence-corrected chi connectivity index (χ1v) is 8.63. The number of aromatic nitrogens is 2. The lowest BCUT2D eigenvalue weighted by molar-refractivity contribution is 0.303. The summed E-state index contributed by atoms with van der Waals surface area (Å²) in [6.07, 6.45) is 3.46. The van der Waals surface area contributed by atoms with Crippen molar-refractivity contribution in [3.8, 4) is 5.75 Å². The number of hydrogen-bond acceptors (Lipinski definition) is 5. The van der Waals surface area contributed by atoms with Crippen LogP contribution in [-0.4, -0.2) is 10.2 Å². The second kappa shape index (κ2) is 7.72. The maximum absolute atomic E-state index is 6.37. The Bertz CT molecular complexity index is 901. The van der Waals surface area contributed by atoms with Crippen molar-refractivity contribution < 1.29 is 9.15 Å². The van der Waals surface area contributed by atoms with Gasteiger partial charge in [-0.25, -0.2) is 0 Å². The molecule has 3 rings (SSSR count). The highest BCUT2D eigenvalue weighted by molar-refractivity contribution is 9.10. The Morgan fingerprint density at radius 3 is 2.72 bits per heavy atom. The Labute approximate surface area is 158 Å². The molecular weight excluding hydrogens is 406 g/mol. The summed E-state index contributed by atoms with van der Waals surface area (Å²) >= 11 is 9.87. The van der Waals surface area contributed by atoms with E-state index < -0.39 is 0 Å². The number of anilines is 1. The predicted molar refractivity (Wildman–Crippen MR) is 102 cm³/mol. The smallest absolute Gasteiger partial charge is 0.313 e. The molecule has 0 amide bonds. The molecular formula is C18H15BrClN3O2. The van der Waals surface area contributed by atoms with E-state index in [1.807, 2.05) is 37.3 Å². The molecule has 0 fully saturated rings. The first kappa shape index (κ1) is 17.5. The summed E-state index contributed by atoms with van der Waals surface area (Å²) in [7, 11) is 0. The van der Waals surface area contributed by atoms with Gasteiger partial charge in [0.2, 0.25) is 5.89 Å². The number of nitrogens with two attached hydrogens (primary N) is 1. The third-order valence-electron chi connectivity index (χ3n) is 3.53. The molecule has 5 nitrogen and oxygen atoms in total. The topological polar surface area (TPSA) is 74.2 Å². The lowest BCUT2D eigenvalue weighted by atomic mass is 10.1. The lowest BCUT2D eigenvalue weighted by Crippen LogP contribution is -1.99. The van der Waals surface area contributed by atoms with E-state index in [0.717, 1.165) is 15.6 Å². The number of ether oxygens (including phenoxy) is 1. The number of nitrogens with zero attached hydrogens (tertiary/aromatic N) is 2. The van der Waals surface area contributed by atoms with Gasteiger partial charge in [0.15, 0.2) is 5.75 Å². The summed E-state index contributed by atoms with van der Waals surface area (Å²) in [5.74, 6) is 0.925. The van der Waals surface area contributed by atoms with Gasteiger partial charge in [-0.15, -0.1) is 5.10 Å². The zero-order valence-electron chi connectivity index (χ0n) is 13.4. The summed E-state index contributed by atoms with van der Waals surface area (Å²) in [6.45, 7) is 2.50. The zero-order valence-corrected chi connectivity index (χ0v) is 15.7. The van der Waals surface area contributed by atoms with Crippen molar-refractivity contribution in [3.63, 3.8) is 0 Å². The standard InChI is InChI=1S/C18H15BrClN3O2/c1-11-4-2-3-5-13(11)10-24-17-14(19)8-12(9-15(17)20)6-7-16-22-23-18(21)25-16/h2-9H,10H2,1H3,(H2,21,23)/b7-6+. The molecule has 0 aliphatic rings. The van der Waals surface area contributed by atoms with Crippen LogP contribution >= 0.6 is 27.5 Å². The van der Waals surface area contributed by atoms with E-state index in [1.165, 1.54) is 5.56 Å². The molecule has 128 valence electrons. The molecule has 0 aliphatic carbocycles. The van der Waals surface area contributed by atoms with Crippen molar-refractivity contribution in [1.82, 2.24) is 10.2 Å². The van der Waals surface area contributed by atoms with Gasteiger partial charge in [-0.2, -0.15) is 0 Å². The molecule has 0 radical (unpaired) electrons. The predicted octanol–water partition coefficient (Wildman–Crippen LogP) is 5.13. The summed E-state index contributed by atoms with van der Waals surface area (Å²) in [4.78, 5) is 0. The molecule has 0 aliphatic heterocycles. The van der Waals surface area contributed by atoms with Crippen LogP contribution in [0.5, 0.6) is 5.75 Å². The largest absolute Gasteiger partial charge is 0.486 e. The average Bonchev–Trinajstić information content (AvgIpc) is 2.99. The molecule has 2 aromatic carbocycles. The fourth-order valence-corrected chi connectivity index (χ4v) is 3.21. The quantitative estimate of drug-likeness (QED) is 0.619. The zero-order chi connectivity index (χ0) is 17.8. The first-order chi connectivity index (χ1) is 12.0. The van der Waals surface area contributed by atoms with Crippen LogP contribution in [0.4, 0.5) is 6.01 Å². The van der Waals surface area contributed by atoms with Gasteiger partial charge in [0.05, 0.1) is 9.50 Å². The Kier molecular flexibility index (Phi) is 5.40. The van der Waals surface area contributed by atoms with Crippen molar-refractivity contribution in [2.24, 2.45) is 0 Å². The van der Waals surface area contributed by atoms with Crippen LogP contribution in [0.2, 0.25) is 5.02 Å². The van der Waals surface area contributed by atoms with Gasteiger partial charge in [-0.3, -0.25) is 0 Å². The summed E-state index contributed by atoms with van der Waals surface area (Å²) in [5.41, 5.74) is 8.53. The Morgan fingerprint density at radius 2 is 2.04 bits per heavy atom. The molecule has 1 aromatic heterocycles. The monoisotopic (exact) mass is 419 g/mol. The summed E-state index contributed by atoms with van der Waals surface area (Å²) in [6, 6.07) is 11.8. The number of nitrogen functional groups attached to an aromatic ring is 1. The van der Waals surface area contributed by atoms with Crippen LogP contribution in [0.3, 0.4) is 0 Å². The highest BCUT2D eigenvalue weighted by Crippen LogP contribution is 2.35. The minimum atomic E-state index is 0.0267. The number of rotatable bonds is 5. The van der Waals surface area contributed by atoms with E-state index in [1.54, 1.807) is 18.2 Å². The van der Waals surface area contributed by atoms with Gasteiger partial charge in [0.1, 0.15) is 6.61 Å². The average molecular weight is 421 g/mol. The fourth-order valence-electron chi connectivity index (χ4n) is 2.22. The van der Waals surface area contributed by atoms with Gasteiger partial charge >= 0.3 is 6.01 Å². The minimum Gasteiger partial charge on any atom is -0.486 e. The Hall–Kier alpha value is -2.31. The first-order valence-electron chi connectivity index (χ1n) is 7.46. The number of benzene rings is 2. The van der Waals surface area contributed by atoms with Crippen molar-refractivity contribution in [2.45, 2.75) is 13.5 Å². The van der Waals surface area contributed by atoms with Gasteiger partial charge in [0, 0.05) is 6.08 Å². The number of aryl methyl sites for hydroxylation is 1. The highest BCUT2D eigenvalue weighted by atomic mass is 79.9. The van der Waals surface area contributed by atoms with Crippen LogP contribution in [0, 0.1) is 6.92 Å². The van der Waals surface area contributed by atoms with E-state index in [9.17, 15) is 0 Å². The van der Waals surface area contributed by atoms with E-state index in [2.05, 4.69) is 26.1 Å². The van der Waals surface area contributed by atoms with Crippen LogP contribution in [0.1, 0.15) is 22.6 Å². The second-order valence-electron chi connectivity index (χ2n) is 5.34. The minimum absolute atomic E-state index is 0.0267. The molecule has 0 bridgehead atoms. The van der Waals surface area contributed by atoms with Gasteiger partial charge in [0.25, 0.3) is 0 Å². The van der Waals surface area contributed by atoms with Crippen LogP contribution in [0.15, 0.2) is 45.3 Å². The molecule has 1 heterocycles. The maximum atomic E-state index is 6.37. The van der Waals surface area contributed by atoms with Crippen molar-refractivity contribution in [1.29, 1.82) is 0 Å². The van der Waals surface area contributed by atoms with E-state index in [-0.39, 0.29) is 6.01 Å². The normalized spacial score (nSPS) is 11.2. The molecule has 0 spiro atoms. The summed E-state index contributed by atoms with van der Waals surface area (Å²) in [5, 5.41) is 7.87. The van der Waals surface area contributed by atoms with Crippen LogP contribution in [0.25, 0.3) is 12.2 Å². The Morgan fingerprint density at radius 1 is 1.24 bits per heavy atom.